The van der Waals surface area contributed by atoms with E-state index in [0.717, 1.165) is 29.4 Å². The topological polar surface area (TPSA) is 69.6 Å². The van der Waals surface area contributed by atoms with Crippen molar-refractivity contribution in [3.63, 3.8) is 0 Å². The molecule has 2 aromatic rings. The molecule has 0 aliphatic heterocycles. The minimum atomic E-state index is 0.260. The number of hydrogen-bond acceptors (Lipinski definition) is 5. The summed E-state index contributed by atoms with van der Waals surface area (Å²) in [5.41, 5.74) is 6.70. The summed E-state index contributed by atoms with van der Waals surface area (Å²) in [4.78, 5) is 0. The van der Waals surface area contributed by atoms with Crippen LogP contribution in [0.15, 0.2) is 35.5 Å². The Labute approximate surface area is 111 Å². The standard InChI is InChI=1S/C12H17N5S/c1-10(13)6-5-9-18-12-14-15-16-17(12)11-7-3-2-4-8-11/h2-4,7-8,10H,5-6,9,13H2,1H3. The number of para-hydroxylation sites is 1. The lowest BCUT2D eigenvalue weighted by molar-refractivity contribution is 0.656. The van der Waals surface area contributed by atoms with Gasteiger partial charge in [-0.2, -0.15) is 4.68 Å². The molecule has 1 aromatic carbocycles. The number of thioether (sulfide) groups is 1. The molecular formula is C12H17N5S. The van der Waals surface area contributed by atoms with E-state index in [0.29, 0.717) is 0 Å². The highest BCUT2D eigenvalue weighted by atomic mass is 32.2. The van der Waals surface area contributed by atoms with Crippen molar-refractivity contribution in [1.82, 2.24) is 20.2 Å². The zero-order valence-corrected chi connectivity index (χ0v) is 11.2. The molecule has 0 radical (unpaired) electrons. The van der Waals surface area contributed by atoms with Gasteiger partial charge in [0.2, 0.25) is 5.16 Å². The Bertz CT molecular complexity index is 468. The Morgan fingerprint density at radius 3 is 2.83 bits per heavy atom. The van der Waals surface area contributed by atoms with Gasteiger partial charge in [0.15, 0.2) is 0 Å². The smallest absolute Gasteiger partial charge is 0.214 e. The van der Waals surface area contributed by atoms with Crippen molar-refractivity contribution in [2.45, 2.75) is 31.0 Å². The molecule has 2 rings (SSSR count). The highest BCUT2D eigenvalue weighted by Gasteiger charge is 2.08. The SMILES string of the molecule is CC(N)CCCSc1nnnn1-c1ccccc1. The van der Waals surface area contributed by atoms with Crippen LogP contribution in [0.2, 0.25) is 0 Å². The molecule has 0 fully saturated rings. The third-order valence-electron chi connectivity index (χ3n) is 2.48. The highest BCUT2D eigenvalue weighted by molar-refractivity contribution is 7.99. The largest absolute Gasteiger partial charge is 0.328 e. The number of nitrogens with two attached hydrogens (primary N) is 1. The van der Waals surface area contributed by atoms with Crippen LogP contribution < -0.4 is 5.73 Å². The van der Waals surface area contributed by atoms with Crippen LogP contribution in [0, 0.1) is 0 Å². The first-order chi connectivity index (χ1) is 8.77. The van der Waals surface area contributed by atoms with Crippen LogP contribution in [0.4, 0.5) is 0 Å². The summed E-state index contributed by atoms with van der Waals surface area (Å²) >= 11 is 1.66. The second-order valence-electron chi connectivity index (χ2n) is 4.18. The van der Waals surface area contributed by atoms with E-state index >= 15 is 0 Å². The fourth-order valence-electron chi connectivity index (χ4n) is 1.57. The number of rotatable bonds is 6. The Hall–Kier alpha value is -1.40. The zero-order chi connectivity index (χ0) is 12.8. The molecule has 0 saturated heterocycles. The second-order valence-corrected chi connectivity index (χ2v) is 5.24. The van der Waals surface area contributed by atoms with E-state index in [2.05, 4.69) is 15.5 Å². The van der Waals surface area contributed by atoms with Gasteiger partial charge in [0, 0.05) is 11.8 Å². The molecule has 0 aliphatic carbocycles. The molecule has 0 spiro atoms. The monoisotopic (exact) mass is 263 g/mol. The minimum absolute atomic E-state index is 0.260. The van der Waals surface area contributed by atoms with Gasteiger partial charge < -0.3 is 5.73 Å². The molecule has 96 valence electrons. The number of hydrogen-bond donors (Lipinski definition) is 1. The van der Waals surface area contributed by atoms with Crippen molar-refractivity contribution in [3.8, 4) is 5.69 Å². The molecular weight excluding hydrogens is 246 g/mol. The van der Waals surface area contributed by atoms with Crippen molar-refractivity contribution in [3.05, 3.63) is 30.3 Å². The Kier molecular flexibility index (Phi) is 4.72. The summed E-state index contributed by atoms with van der Waals surface area (Å²) in [7, 11) is 0. The first kappa shape index (κ1) is 13.0. The van der Waals surface area contributed by atoms with Crippen molar-refractivity contribution in [2.24, 2.45) is 5.73 Å². The number of aromatic nitrogens is 4. The summed E-state index contributed by atoms with van der Waals surface area (Å²) in [6, 6.07) is 10.2. The third kappa shape index (κ3) is 3.54. The highest BCUT2D eigenvalue weighted by Crippen LogP contribution is 2.19. The van der Waals surface area contributed by atoms with Crippen molar-refractivity contribution >= 4 is 11.8 Å². The summed E-state index contributed by atoms with van der Waals surface area (Å²) in [6.07, 6.45) is 2.10. The normalized spacial score (nSPS) is 12.6. The molecule has 0 bridgehead atoms. The van der Waals surface area contributed by atoms with E-state index in [1.165, 1.54) is 0 Å². The average Bonchev–Trinajstić information content (AvgIpc) is 2.84. The molecule has 1 atom stereocenters. The van der Waals surface area contributed by atoms with E-state index < -0.39 is 0 Å². The van der Waals surface area contributed by atoms with Crippen molar-refractivity contribution in [1.29, 1.82) is 0 Å². The van der Waals surface area contributed by atoms with Gasteiger partial charge in [0.1, 0.15) is 0 Å². The van der Waals surface area contributed by atoms with Crippen LogP contribution in [0.3, 0.4) is 0 Å². The molecule has 0 saturated carbocycles. The van der Waals surface area contributed by atoms with Gasteiger partial charge in [-0.3, -0.25) is 0 Å². The predicted molar refractivity (Wildman–Crippen MR) is 72.8 cm³/mol. The van der Waals surface area contributed by atoms with Crippen molar-refractivity contribution < 1.29 is 0 Å². The first-order valence-corrected chi connectivity index (χ1v) is 6.98. The number of benzene rings is 1. The lowest BCUT2D eigenvalue weighted by Crippen LogP contribution is -2.14. The molecule has 1 heterocycles. The molecule has 0 aliphatic rings. The molecule has 5 nitrogen and oxygen atoms in total. The fourth-order valence-corrected chi connectivity index (χ4v) is 2.42. The lowest BCUT2D eigenvalue weighted by atomic mass is 10.2. The van der Waals surface area contributed by atoms with Gasteiger partial charge >= 0.3 is 0 Å². The van der Waals surface area contributed by atoms with E-state index in [1.807, 2.05) is 37.3 Å². The van der Waals surface area contributed by atoms with Crippen LogP contribution in [0.1, 0.15) is 19.8 Å². The molecule has 18 heavy (non-hydrogen) atoms. The summed E-state index contributed by atoms with van der Waals surface area (Å²) in [6.45, 7) is 2.03. The Balaban J connectivity index is 1.96. The number of tetrazole rings is 1. The van der Waals surface area contributed by atoms with Gasteiger partial charge in [0.25, 0.3) is 0 Å². The van der Waals surface area contributed by atoms with E-state index in [-0.39, 0.29) is 6.04 Å². The molecule has 0 amide bonds. The number of nitrogens with zero attached hydrogens (tertiary/aromatic N) is 4. The quantitative estimate of drug-likeness (QED) is 0.636. The van der Waals surface area contributed by atoms with Gasteiger partial charge in [-0.1, -0.05) is 30.0 Å². The van der Waals surface area contributed by atoms with Crippen LogP contribution >= 0.6 is 11.8 Å². The van der Waals surface area contributed by atoms with E-state index in [9.17, 15) is 0 Å². The van der Waals surface area contributed by atoms with Crippen LogP contribution in [0.5, 0.6) is 0 Å². The van der Waals surface area contributed by atoms with Gasteiger partial charge in [-0.15, -0.1) is 5.10 Å². The molecule has 1 aromatic heterocycles. The second kappa shape index (κ2) is 6.51. The molecule has 2 N–H and O–H groups in total. The van der Waals surface area contributed by atoms with Crippen LogP contribution in [-0.2, 0) is 0 Å². The zero-order valence-electron chi connectivity index (χ0n) is 10.4. The summed E-state index contributed by atoms with van der Waals surface area (Å²) in [5, 5.41) is 12.6. The maximum absolute atomic E-state index is 5.72. The Morgan fingerprint density at radius 1 is 1.33 bits per heavy atom. The first-order valence-electron chi connectivity index (χ1n) is 5.99. The van der Waals surface area contributed by atoms with E-state index in [4.69, 9.17) is 5.73 Å². The maximum atomic E-state index is 5.72. The summed E-state index contributed by atoms with van der Waals surface area (Å²) in [5.74, 6) is 0.981. The average molecular weight is 263 g/mol. The summed E-state index contributed by atoms with van der Waals surface area (Å²) < 4.78 is 1.76. The maximum Gasteiger partial charge on any atom is 0.214 e. The van der Waals surface area contributed by atoms with Gasteiger partial charge in [-0.05, 0) is 42.3 Å². The van der Waals surface area contributed by atoms with Gasteiger partial charge in [-0.25, -0.2) is 0 Å². The van der Waals surface area contributed by atoms with E-state index in [1.54, 1.807) is 16.4 Å². The molecule has 1 unspecified atom stereocenters. The van der Waals surface area contributed by atoms with Crippen molar-refractivity contribution in [2.75, 3.05) is 5.75 Å². The van der Waals surface area contributed by atoms with Crippen LogP contribution in [-0.4, -0.2) is 32.0 Å². The fraction of sp³-hybridized carbons (Fsp3) is 0.417. The van der Waals surface area contributed by atoms with Crippen LogP contribution in [0.25, 0.3) is 5.69 Å². The predicted octanol–water partition coefficient (Wildman–Crippen LogP) is 1.88. The van der Waals surface area contributed by atoms with Gasteiger partial charge in [0.05, 0.1) is 5.69 Å². The Morgan fingerprint density at radius 2 is 2.11 bits per heavy atom. The third-order valence-corrected chi connectivity index (χ3v) is 3.48. The molecule has 6 heteroatoms. The lowest BCUT2D eigenvalue weighted by Gasteiger charge is -2.05. The minimum Gasteiger partial charge on any atom is -0.328 e.